The molecule has 0 aliphatic carbocycles. The summed E-state index contributed by atoms with van der Waals surface area (Å²) in [6, 6.07) is 0. The molecular weight excluding hydrogens is 270 g/mol. The first-order valence-corrected chi connectivity index (χ1v) is 7.41. The second-order valence-electron chi connectivity index (χ2n) is 4.41. The molecule has 106 valence electrons. The summed E-state index contributed by atoms with van der Waals surface area (Å²) in [5.41, 5.74) is 5.56. The Hall–Kier alpha value is -1.61. The lowest BCUT2D eigenvalue weighted by atomic mass is 10.4. The minimum absolute atomic E-state index is 0.0104. The van der Waals surface area contributed by atoms with E-state index in [0.29, 0.717) is 26.1 Å². The number of carbonyl (C=O) groups is 1. The van der Waals surface area contributed by atoms with Gasteiger partial charge in [0.2, 0.25) is 15.9 Å². The number of hydrogen-bond acceptors (Lipinski definition) is 5. The molecule has 0 radical (unpaired) electrons. The Morgan fingerprint density at radius 3 is 2.68 bits per heavy atom. The molecule has 0 saturated carbocycles. The summed E-state index contributed by atoms with van der Waals surface area (Å²) in [5, 5.41) is 6.04. The molecule has 2 heterocycles. The maximum Gasteiger partial charge on any atom is 0.248 e. The lowest BCUT2D eigenvalue weighted by Gasteiger charge is -2.20. The van der Waals surface area contributed by atoms with Crippen molar-refractivity contribution in [3.05, 3.63) is 6.20 Å². The molecule has 1 aliphatic rings. The Balaban J connectivity index is 2.19. The van der Waals surface area contributed by atoms with Crippen molar-refractivity contribution < 1.29 is 13.2 Å². The van der Waals surface area contributed by atoms with E-state index in [0.717, 1.165) is 0 Å². The highest BCUT2D eigenvalue weighted by Gasteiger charge is 2.29. The Morgan fingerprint density at radius 2 is 2.11 bits per heavy atom. The third-order valence-electron chi connectivity index (χ3n) is 3.15. The molecule has 19 heavy (non-hydrogen) atoms. The summed E-state index contributed by atoms with van der Waals surface area (Å²) in [6.07, 6.45) is 1.81. The number of nitrogens with two attached hydrogens (primary N) is 1. The molecule has 8 nitrogen and oxygen atoms in total. The van der Waals surface area contributed by atoms with E-state index in [1.807, 2.05) is 0 Å². The first-order valence-electron chi connectivity index (χ1n) is 5.97. The molecule has 1 saturated heterocycles. The molecule has 1 aromatic rings. The summed E-state index contributed by atoms with van der Waals surface area (Å²) in [4.78, 5) is 13.0. The monoisotopic (exact) mass is 287 g/mol. The first-order chi connectivity index (χ1) is 8.93. The summed E-state index contributed by atoms with van der Waals surface area (Å²) >= 11 is 0. The molecule has 1 fully saturated rings. The van der Waals surface area contributed by atoms with Crippen LogP contribution in [-0.4, -0.2) is 59.9 Å². The van der Waals surface area contributed by atoms with Crippen LogP contribution in [0.4, 0.5) is 5.82 Å². The number of aromatic amines is 1. The lowest BCUT2D eigenvalue weighted by Crippen LogP contribution is -2.36. The van der Waals surface area contributed by atoms with Gasteiger partial charge in [-0.1, -0.05) is 0 Å². The fourth-order valence-electron chi connectivity index (χ4n) is 2.08. The summed E-state index contributed by atoms with van der Waals surface area (Å²) in [7, 11) is -3.65. The molecule has 0 unspecified atom stereocenters. The number of H-pyrrole nitrogens is 1. The molecule has 0 bridgehead atoms. The summed E-state index contributed by atoms with van der Waals surface area (Å²) < 4.78 is 26.1. The standard InChI is InChI=1S/C10H17N5O3S/c1-8(16)14-3-2-4-15(6-5-14)19(17,18)9-7-12-13-10(9)11/h7H,2-6H2,1H3,(H3,11,12,13). The molecule has 1 aromatic heterocycles. The van der Waals surface area contributed by atoms with E-state index in [2.05, 4.69) is 10.2 Å². The van der Waals surface area contributed by atoms with E-state index < -0.39 is 10.0 Å². The average molecular weight is 287 g/mol. The Labute approximate surface area is 111 Å². The van der Waals surface area contributed by atoms with Crippen molar-refractivity contribution in [2.24, 2.45) is 0 Å². The third-order valence-corrected chi connectivity index (χ3v) is 5.08. The van der Waals surface area contributed by atoms with E-state index >= 15 is 0 Å². The van der Waals surface area contributed by atoms with Crippen molar-refractivity contribution in [3.8, 4) is 0 Å². The third kappa shape index (κ3) is 2.71. The van der Waals surface area contributed by atoms with Crippen LogP contribution in [0.5, 0.6) is 0 Å². The van der Waals surface area contributed by atoms with Crippen LogP contribution in [0.1, 0.15) is 13.3 Å². The SMILES string of the molecule is CC(=O)N1CCCN(S(=O)(=O)c2cn[nH]c2N)CC1. The first kappa shape index (κ1) is 13.8. The van der Waals surface area contributed by atoms with Crippen molar-refractivity contribution in [1.82, 2.24) is 19.4 Å². The van der Waals surface area contributed by atoms with Crippen LogP contribution < -0.4 is 5.73 Å². The maximum atomic E-state index is 12.4. The van der Waals surface area contributed by atoms with Crippen molar-refractivity contribution in [1.29, 1.82) is 0 Å². The number of rotatable bonds is 2. The molecular formula is C10H17N5O3S. The molecule has 1 aliphatic heterocycles. The van der Waals surface area contributed by atoms with Crippen LogP contribution in [0.2, 0.25) is 0 Å². The number of nitrogens with zero attached hydrogens (tertiary/aromatic N) is 3. The normalized spacial score (nSPS) is 18.3. The van der Waals surface area contributed by atoms with Crippen molar-refractivity contribution in [2.45, 2.75) is 18.2 Å². The van der Waals surface area contributed by atoms with Crippen LogP contribution in [-0.2, 0) is 14.8 Å². The zero-order chi connectivity index (χ0) is 14.0. The second kappa shape index (κ2) is 5.17. The number of hydrogen-bond donors (Lipinski definition) is 2. The van der Waals surface area contributed by atoms with Crippen LogP contribution in [0.25, 0.3) is 0 Å². The summed E-state index contributed by atoms with van der Waals surface area (Å²) in [5.74, 6) is -0.00487. The number of nitrogens with one attached hydrogen (secondary N) is 1. The zero-order valence-corrected chi connectivity index (χ0v) is 11.5. The van der Waals surface area contributed by atoms with Gasteiger partial charge in [-0.2, -0.15) is 9.40 Å². The van der Waals surface area contributed by atoms with Crippen molar-refractivity contribution in [3.63, 3.8) is 0 Å². The fraction of sp³-hybridized carbons (Fsp3) is 0.600. The fourth-order valence-corrected chi connectivity index (χ4v) is 3.56. The van der Waals surface area contributed by atoms with Gasteiger partial charge in [0.1, 0.15) is 10.7 Å². The van der Waals surface area contributed by atoms with Gasteiger partial charge < -0.3 is 10.6 Å². The minimum atomic E-state index is -3.65. The lowest BCUT2D eigenvalue weighted by molar-refractivity contribution is -0.128. The van der Waals surface area contributed by atoms with Gasteiger partial charge in [0.05, 0.1) is 6.20 Å². The summed E-state index contributed by atoms with van der Waals surface area (Å²) in [6.45, 7) is 3.09. The van der Waals surface area contributed by atoms with Gasteiger partial charge in [-0.3, -0.25) is 9.89 Å². The molecule has 2 rings (SSSR count). The van der Waals surface area contributed by atoms with Crippen LogP contribution >= 0.6 is 0 Å². The number of nitrogen functional groups attached to an aromatic ring is 1. The number of aromatic nitrogens is 2. The van der Waals surface area contributed by atoms with Gasteiger partial charge in [0, 0.05) is 33.1 Å². The zero-order valence-electron chi connectivity index (χ0n) is 10.7. The Bertz CT molecular complexity index is 567. The van der Waals surface area contributed by atoms with Crippen LogP contribution in [0.3, 0.4) is 0 Å². The smallest absolute Gasteiger partial charge is 0.248 e. The van der Waals surface area contributed by atoms with E-state index in [9.17, 15) is 13.2 Å². The van der Waals surface area contributed by atoms with Crippen molar-refractivity contribution in [2.75, 3.05) is 31.9 Å². The van der Waals surface area contributed by atoms with Gasteiger partial charge >= 0.3 is 0 Å². The largest absolute Gasteiger partial charge is 0.383 e. The van der Waals surface area contributed by atoms with Gasteiger partial charge in [0.15, 0.2) is 0 Å². The number of carbonyl (C=O) groups excluding carboxylic acids is 1. The van der Waals surface area contributed by atoms with Gasteiger partial charge in [-0.15, -0.1) is 0 Å². The van der Waals surface area contributed by atoms with E-state index in [1.54, 1.807) is 4.90 Å². The molecule has 9 heteroatoms. The van der Waals surface area contributed by atoms with Gasteiger partial charge in [-0.05, 0) is 6.42 Å². The highest BCUT2D eigenvalue weighted by molar-refractivity contribution is 7.89. The number of sulfonamides is 1. The van der Waals surface area contributed by atoms with E-state index in [-0.39, 0.29) is 23.2 Å². The predicted molar refractivity (Wildman–Crippen MR) is 68.6 cm³/mol. The quantitative estimate of drug-likeness (QED) is 0.742. The van der Waals surface area contributed by atoms with E-state index in [1.165, 1.54) is 17.4 Å². The highest BCUT2D eigenvalue weighted by atomic mass is 32.2. The van der Waals surface area contributed by atoms with Crippen LogP contribution in [0, 0.1) is 0 Å². The Kier molecular flexibility index (Phi) is 3.76. The maximum absolute atomic E-state index is 12.4. The highest BCUT2D eigenvalue weighted by Crippen LogP contribution is 2.21. The van der Waals surface area contributed by atoms with Crippen LogP contribution in [0.15, 0.2) is 11.1 Å². The number of anilines is 1. The molecule has 0 spiro atoms. The second-order valence-corrected chi connectivity index (χ2v) is 6.32. The van der Waals surface area contributed by atoms with Crippen molar-refractivity contribution >= 4 is 21.7 Å². The predicted octanol–water partition coefficient (Wildman–Crippen LogP) is -0.765. The molecule has 0 aromatic carbocycles. The van der Waals surface area contributed by atoms with Gasteiger partial charge in [-0.25, -0.2) is 8.42 Å². The Morgan fingerprint density at radius 1 is 1.37 bits per heavy atom. The van der Waals surface area contributed by atoms with Gasteiger partial charge in [0.25, 0.3) is 0 Å². The molecule has 0 atom stereocenters. The topological polar surface area (TPSA) is 112 Å². The molecule has 1 amide bonds. The minimum Gasteiger partial charge on any atom is -0.383 e. The number of amides is 1. The van der Waals surface area contributed by atoms with E-state index in [4.69, 9.17) is 5.73 Å². The molecule has 3 N–H and O–H groups in total. The average Bonchev–Trinajstić information content (AvgIpc) is 2.64.